The molecule has 0 nitrogen and oxygen atoms in total. The van der Waals surface area contributed by atoms with Gasteiger partial charge in [0.05, 0.1) is 0 Å². The minimum Gasteiger partial charge on any atom is -0.126 e. The van der Waals surface area contributed by atoms with Gasteiger partial charge in [-0.3, -0.25) is 0 Å². The number of rotatable bonds is 5. The SMILES string of the molecule is ClCCc1ccc(CC[Si](Cl)(Cl)Cl)cc1. The standard InChI is InChI=1S/C10H12Cl4Si/c11-7-5-9-1-3-10(4-2-9)6-8-15(12,13)14/h1-4H,5-8H2. The van der Waals surface area contributed by atoms with Crippen molar-refractivity contribution in [1.29, 1.82) is 0 Å². The van der Waals surface area contributed by atoms with Gasteiger partial charge >= 0.3 is 6.00 Å². The Morgan fingerprint density at radius 1 is 0.867 bits per heavy atom. The van der Waals surface area contributed by atoms with E-state index in [2.05, 4.69) is 24.3 Å². The molecule has 0 heterocycles. The average Bonchev–Trinajstić information content (AvgIpc) is 2.16. The van der Waals surface area contributed by atoms with E-state index in [9.17, 15) is 0 Å². The monoisotopic (exact) mass is 300 g/mol. The molecule has 0 saturated heterocycles. The molecule has 0 fully saturated rings. The number of hydrogen-bond acceptors (Lipinski definition) is 0. The summed E-state index contributed by atoms with van der Waals surface area (Å²) in [6.07, 6.45) is 1.74. The topological polar surface area (TPSA) is 0 Å². The highest BCUT2D eigenvalue weighted by Gasteiger charge is 2.23. The number of alkyl halides is 1. The van der Waals surface area contributed by atoms with Gasteiger partial charge in [0.25, 0.3) is 0 Å². The molecule has 84 valence electrons. The van der Waals surface area contributed by atoms with E-state index in [4.69, 9.17) is 44.8 Å². The zero-order chi connectivity index (χ0) is 11.3. The Morgan fingerprint density at radius 2 is 1.33 bits per heavy atom. The first-order chi connectivity index (χ1) is 7.01. The van der Waals surface area contributed by atoms with Crippen molar-refractivity contribution >= 4 is 50.8 Å². The maximum absolute atomic E-state index is 5.82. The van der Waals surface area contributed by atoms with Crippen LogP contribution in [0.4, 0.5) is 0 Å². The highest BCUT2D eigenvalue weighted by molar-refractivity contribution is 7.64. The Labute approximate surface area is 111 Å². The number of halogens is 4. The summed E-state index contributed by atoms with van der Waals surface area (Å²) in [6, 6.07) is 6.51. The third kappa shape index (κ3) is 6.03. The second-order valence-electron chi connectivity index (χ2n) is 3.37. The van der Waals surface area contributed by atoms with Gasteiger partial charge in [0, 0.05) is 5.88 Å². The molecule has 0 spiro atoms. The highest BCUT2D eigenvalue weighted by Crippen LogP contribution is 2.26. The zero-order valence-electron chi connectivity index (χ0n) is 8.15. The van der Waals surface area contributed by atoms with Crippen LogP contribution in [-0.2, 0) is 12.8 Å². The van der Waals surface area contributed by atoms with Gasteiger partial charge < -0.3 is 0 Å². The largest absolute Gasteiger partial charge is 0.341 e. The van der Waals surface area contributed by atoms with Crippen LogP contribution in [0.1, 0.15) is 11.1 Å². The molecular formula is C10H12Cl4Si. The number of benzene rings is 1. The highest BCUT2D eigenvalue weighted by atomic mass is 35.8. The molecule has 0 unspecified atom stereocenters. The first-order valence-corrected chi connectivity index (χ1v) is 10.5. The fourth-order valence-electron chi connectivity index (χ4n) is 1.27. The Hall–Kier alpha value is 0.597. The van der Waals surface area contributed by atoms with E-state index in [1.54, 1.807) is 0 Å². The lowest BCUT2D eigenvalue weighted by Gasteiger charge is -2.07. The number of hydrogen-bond donors (Lipinski definition) is 0. The lowest BCUT2D eigenvalue weighted by Crippen LogP contribution is -2.09. The van der Waals surface area contributed by atoms with Gasteiger partial charge in [-0.1, -0.05) is 24.3 Å². The average molecular weight is 302 g/mol. The van der Waals surface area contributed by atoms with Crippen LogP contribution in [-0.4, -0.2) is 11.9 Å². The van der Waals surface area contributed by atoms with Gasteiger partial charge in [0.15, 0.2) is 0 Å². The van der Waals surface area contributed by atoms with Crippen molar-refractivity contribution < 1.29 is 0 Å². The molecule has 0 bridgehead atoms. The summed E-state index contributed by atoms with van der Waals surface area (Å²) in [6.45, 7) is 0. The molecule has 5 heteroatoms. The minimum atomic E-state index is -2.47. The smallest absolute Gasteiger partial charge is 0.126 e. The van der Waals surface area contributed by atoms with Crippen molar-refractivity contribution in [2.45, 2.75) is 18.9 Å². The second-order valence-corrected chi connectivity index (χ2v) is 13.0. The summed E-state index contributed by atoms with van der Waals surface area (Å²) in [5.41, 5.74) is 2.46. The Bertz CT molecular complexity index is 291. The van der Waals surface area contributed by atoms with E-state index in [-0.39, 0.29) is 0 Å². The molecule has 1 aromatic rings. The third-order valence-electron chi connectivity index (χ3n) is 2.10. The molecular weight excluding hydrogens is 290 g/mol. The van der Waals surface area contributed by atoms with E-state index in [0.717, 1.165) is 12.8 Å². The van der Waals surface area contributed by atoms with Gasteiger partial charge in [-0.25, -0.2) is 0 Å². The van der Waals surface area contributed by atoms with Crippen LogP contribution in [0.2, 0.25) is 6.04 Å². The van der Waals surface area contributed by atoms with Gasteiger partial charge in [-0.2, -0.15) is 0 Å². The fraction of sp³-hybridized carbons (Fsp3) is 0.400. The van der Waals surface area contributed by atoms with E-state index < -0.39 is 6.00 Å². The quantitative estimate of drug-likeness (QED) is 0.421. The van der Waals surface area contributed by atoms with Crippen molar-refractivity contribution in [3.63, 3.8) is 0 Å². The Kier molecular flexibility index (Phi) is 5.79. The summed E-state index contributed by atoms with van der Waals surface area (Å²) in [4.78, 5) is 0. The molecule has 0 N–H and O–H groups in total. The summed E-state index contributed by atoms with van der Waals surface area (Å²) in [5, 5.41) is 0. The van der Waals surface area contributed by atoms with Crippen LogP contribution in [0.25, 0.3) is 0 Å². The molecule has 0 saturated carbocycles. The van der Waals surface area contributed by atoms with Crippen LogP contribution in [0.3, 0.4) is 0 Å². The molecule has 15 heavy (non-hydrogen) atoms. The molecule has 0 aliphatic heterocycles. The maximum Gasteiger partial charge on any atom is 0.341 e. The molecule has 0 atom stereocenters. The van der Waals surface area contributed by atoms with E-state index in [1.165, 1.54) is 11.1 Å². The van der Waals surface area contributed by atoms with Crippen molar-refractivity contribution in [2.24, 2.45) is 0 Å². The Balaban J connectivity index is 2.50. The molecule has 1 rings (SSSR count). The van der Waals surface area contributed by atoms with Crippen molar-refractivity contribution in [3.05, 3.63) is 35.4 Å². The molecule has 0 aliphatic rings. The predicted octanol–water partition coefficient (Wildman–Crippen LogP) is 4.67. The fourth-order valence-corrected chi connectivity index (χ4v) is 2.91. The first kappa shape index (κ1) is 13.7. The molecule has 0 aliphatic carbocycles. The second kappa shape index (κ2) is 6.36. The Morgan fingerprint density at radius 3 is 1.73 bits per heavy atom. The van der Waals surface area contributed by atoms with Gasteiger partial charge in [-0.15, -0.1) is 44.8 Å². The van der Waals surface area contributed by atoms with Crippen LogP contribution in [0.15, 0.2) is 24.3 Å². The van der Waals surface area contributed by atoms with Crippen molar-refractivity contribution in [2.75, 3.05) is 5.88 Å². The summed E-state index contributed by atoms with van der Waals surface area (Å²) < 4.78 is 0. The van der Waals surface area contributed by atoms with Crippen LogP contribution in [0, 0.1) is 0 Å². The van der Waals surface area contributed by atoms with Gasteiger partial charge in [-0.05, 0) is 30.0 Å². The van der Waals surface area contributed by atoms with Crippen LogP contribution >= 0.6 is 44.8 Å². The lowest BCUT2D eigenvalue weighted by atomic mass is 10.1. The zero-order valence-corrected chi connectivity index (χ0v) is 12.2. The molecule has 0 aromatic heterocycles. The lowest BCUT2D eigenvalue weighted by molar-refractivity contribution is 1.10. The van der Waals surface area contributed by atoms with E-state index >= 15 is 0 Å². The van der Waals surface area contributed by atoms with E-state index in [1.807, 2.05) is 0 Å². The van der Waals surface area contributed by atoms with E-state index in [0.29, 0.717) is 11.9 Å². The maximum atomic E-state index is 5.82. The molecule has 0 amide bonds. The number of aryl methyl sites for hydroxylation is 2. The molecule has 1 aromatic carbocycles. The van der Waals surface area contributed by atoms with Crippen molar-refractivity contribution in [1.82, 2.24) is 0 Å². The van der Waals surface area contributed by atoms with Gasteiger partial charge in [0.1, 0.15) is 0 Å². The van der Waals surface area contributed by atoms with Crippen LogP contribution < -0.4 is 0 Å². The van der Waals surface area contributed by atoms with Gasteiger partial charge in [0.2, 0.25) is 0 Å². The summed E-state index contributed by atoms with van der Waals surface area (Å²) in [5.74, 6) is 0.653. The molecule has 0 radical (unpaired) electrons. The summed E-state index contributed by atoms with van der Waals surface area (Å²) in [7, 11) is 0. The summed E-state index contributed by atoms with van der Waals surface area (Å²) >= 11 is 23.1. The first-order valence-electron chi connectivity index (χ1n) is 4.72. The normalized spacial score (nSPS) is 11.7. The minimum absolute atomic E-state index is 0.653. The predicted molar refractivity (Wildman–Crippen MR) is 72.7 cm³/mol. The third-order valence-corrected chi connectivity index (χ3v) is 4.81. The van der Waals surface area contributed by atoms with Crippen molar-refractivity contribution in [3.8, 4) is 0 Å². The van der Waals surface area contributed by atoms with Crippen LogP contribution in [0.5, 0.6) is 0 Å².